The molecule has 0 aromatic carbocycles. The quantitative estimate of drug-likeness (QED) is 0.394. The summed E-state index contributed by atoms with van der Waals surface area (Å²) in [6, 6.07) is 1.67. The number of nitrogens with one attached hydrogen (secondary N) is 2. The Labute approximate surface area is 88.2 Å². The van der Waals surface area contributed by atoms with Crippen molar-refractivity contribution in [2.75, 3.05) is 30.1 Å². The smallest absolute Gasteiger partial charge is 0.223 e. The molecule has 0 spiro atoms. The van der Waals surface area contributed by atoms with Crippen molar-refractivity contribution in [3.63, 3.8) is 0 Å². The van der Waals surface area contributed by atoms with Gasteiger partial charge in [-0.3, -0.25) is 0 Å². The lowest BCUT2D eigenvalue weighted by Crippen LogP contribution is -2.19. The van der Waals surface area contributed by atoms with Gasteiger partial charge in [0.05, 0.1) is 6.10 Å². The Balaban J connectivity index is 2.64. The number of methoxy groups -OCH3 is 1. The minimum atomic E-state index is 0.0930. The van der Waals surface area contributed by atoms with E-state index >= 15 is 0 Å². The van der Waals surface area contributed by atoms with Gasteiger partial charge in [-0.25, -0.2) is 5.84 Å². The molecule has 84 valence electrons. The Hall–Kier alpha value is -1.60. The van der Waals surface area contributed by atoms with Gasteiger partial charge in [0.2, 0.25) is 5.95 Å². The van der Waals surface area contributed by atoms with Crippen molar-refractivity contribution in [1.82, 2.24) is 9.97 Å². The summed E-state index contributed by atoms with van der Waals surface area (Å²) in [6.45, 7) is 2.58. The molecule has 0 aliphatic rings. The molecule has 0 aliphatic heterocycles. The van der Waals surface area contributed by atoms with Gasteiger partial charge >= 0.3 is 0 Å². The number of rotatable bonds is 5. The lowest BCUT2D eigenvalue weighted by atomic mass is 10.4. The highest BCUT2D eigenvalue weighted by atomic mass is 16.5. The molecule has 1 rings (SSSR count). The molecule has 1 aromatic rings. The van der Waals surface area contributed by atoms with Gasteiger partial charge in [-0.05, 0) is 6.92 Å². The summed E-state index contributed by atoms with van der Waals surface area (Å²) in [5, 5.41) is 3.06. The minimum absolute atomic E-state index is 0.0930. The third-order valence-corrected chi connectivity index (χ3v) is 1.86. The van der Waals surface area contributed by atoms with E-state index in [-0.39, 0.29) is 12.1 Å². The van der Waals surface area contributed by atoms with Gasteiger partial charge in [0.25, 0.3) is 0 Å². The highest BCUT2D eigenvalue weighted by molar-refractivity contribution is 5.50. The summed E-state index contributed by atoms with van der Waals surface area (Å²) in [5.41, 5.74) is 7.89. The summed E-state index contributed by atoms with van der Waals surface area (Å²) in [5.74, 6) is 6.46. The third-order valence-electron chi connectivity index (χ3n) is 1.86. The fourth-order valence-corrected chi connectivity index (χ4v) is 0.962. The van der Waals surface area contributed by atoms with E-state index in [9.17, 15) is 0 Å². The van der Waals surface area contributed by atoms with E-state index in [1.165, 1.54) is 0 Å². The van der Waals surface area contributed by atoms with Crippen LogP contribution in [0.2, 0.25) is 0 Å². The molecule has 0 saturated heterocycles. The molecule has 0 fully saturated rings. The zero-order valence-electron chi connectivity index (χ0n) is 8.82. The fraction of sp³-hybridized carbons (Fsp3) is 0.500. The molecule has 6 N–H and O–H groups in total. The van der Waals surface area contributed by atoms with Crippen molar-refractivity contribution in [3.05, 3.63) is 6.07 Å². The maximum atomic E-state index is 5.48. The number of nitrogens with zero attached hydrogens (tertiary/aromatic N) is 2. The second-order valence-electron chi connectivity index (χ2n) is 3.07. The first-order valence-electron chi connectivity index (χ1n) is 4.53. The van der Waals surface area contributed by atoms with E-state index < -0.39 is 0 Å². The van der Waals surface area contributed by atoms with Crippen molar-refractivity contribution in [1.29, 1.82) is 0 Å². The highest BCUT2D eigenvalue weighted by Crippen LogP contribution is 2.11. The van der Waals surface area contributed by atoms with Crippen molar-refractivity contribution in [2.24, 2.45) is 5.84 Å². The van der Waals surface area contributed by atoms with Crippen LogP contribution >= 0.6 is 0 Å². The van der Waals surface area contributed by atoms with Crippen LogP contribution in [0.4, 0.5) is 17.6 Å². The van der Waals surface area contributed by atoms with Crippen LogP contribution in [-0.2, 0) is 4.74 Å². The van der Waals surface area contributed by atoms with Gasteiger partial charge in [-0.2, -0.15) is 9.97 Å². The second-order valence-corrected chi connectivity index (χ2v) is 3.07. The first-order valence-corrected chi connectivity index (χ1v) is 4.53. The standard InChI is InChI=1S/C8H16N6O/c1-5(15-2)4-11-6-3-7(14-10)13-8(9)12-6/h3,5H,4,10H2,1-2H3,(H4,9,11,12,13,14). The minimum Gasteiger partial charge on any atom is -0.380 e. The lowest BCUT2D eigenvalue weighted by molar-refractivity contribution is 0.128. The average molecular weight is 212 g/mol. The van der Waals surface area contributed by atoms with Gasteiger partial charge in [-0.1, -0.05) is 0 Å². The Bertz CT molecular complexity index is 318. The van der Waals surface area contributed by atoms with Crippen LogP contribution in [-0.4, -0.2) is 29.7 Å². The van der Waals surface area contributed by atoms with Crippen molar-refractivity contribution >= 4 is 17.6 Å². The van der Waals surface area contributed by atoms with E-state index in [4.69, 9.17) is 16.3 Å². The Morgan fingerprint density at radius 2 is 2.13 bits per heavy atom. The van der Waals surface area contributed by atoms with Gasteiger partial charge in [0, 0.05) is 19.7 Å². The first-order chi connectivity index (χ1) is 7.15. The molecule has 0 bridgehead atoms. The van der Waals surface area contributed by atoms with Crippen LogP contribution in [0.5, 0.6) is 0 Å². The van der Waals surface area contributed by atoms with Crippen molar-refractivity contribution in [3.8, 4) is 0 Å². The largest absolute Gasteiger partial charge is 0.380 e. The van der Waals surface area contributed by atoms with Gasteiger partial charge in [0.1, 0.15) is 11.6 Å². The molecule has 0 saturated carbocycles. The molecular weight excluding hydrogens is 196 g/mol. The normalized spacial score (nSPS) is 12.2. The third kappa shape index (κ3) is 3.56. The van der Waals surface area contributed by atoms with Crippen LogP contribution in [0.25, 0.3) is 0 Å². The average Bonchev–Trinajstić information content (AvgIpc) is 2.25. The number of nitrogens with two attached hydrogens (primary N) is 2. The summed E-state index contributed by atoms with van der Waals surface area (Å²) in [6.07, 6.45) is 0.0930. The predicted molar refractivity (Wildman–Crippen MR) is 59.2 cm³/mol. The Kier molecular flexibility index (Phi) is 4.07. The number of aromatic nitrogens is 2. The maximum Gasteiger partial charge on any atom is 0.223 e. The van der Waals surface area contributed by atoms with Gasteiger partial charge in [0.15, 0.2) is 0 Å². The molecule has 1 unspecified atom stereocenters. The van der Waals surface area contributed by atoms with Crippen LogP contribution in [0.1, 0.15) is 6.92 Å². The van der Waals surface area contributed by atoms with E-state index in [2.05, 4.69) is 20.7 Å². The Morgan fingerprint density at radius 3 is 2.73 bits per heavy atom. The molecule has 1 aromatic heterocycles. The molecule has 7 heteroatoms. The molecule has 1 heterocycles. The zero-order chi connectivity index (χ0) is 11.3. The lowest BCUT2D eigenvalue weighted by Gasteiger charge is -2.12. The predicted octanol–water partition coefficient (Wildman–Crippen LogP) is -0.209. The molecule has 15 heavy (non-hydrogen) atoms. The zero-order valence-corrected chi connectivity index (χ0v) is 8.82. The molecule has 0 aliphatic carbocycles. The number of hydrogen-bond donors (Lipinski definition) is 4. The Morgan fingerprint density at radius 1 is 1.47 bits per heavy atom. The summed E-state index contributed by atoms with van der Waals surface area (Å²) in [4.78, 5) is 7.85. The second kappa shape index (κ2) is 5.32. The van der Waals surface area contributed by atoms with Gasteiger partial charge in [-0.15, -0.1) is 0 Å². The molecule has 0 amide bonds. The summed E-state index contributed by atoms with van der Waals surface area (Å²) >= 11 is 0. The van der Waals surface area contributed by atoms with Crippen molar-refractivity contribution < 1.29 is 4.74 Å². The monoisotopic (exact) mass is 212 g/mol. The van der Waals surface area contributed by atoms with Crippen LogP contribution in [0, 0.1) is 0 Å². The summed E-state index contributed by atoms with van der Waals surface area (Å²) in [7, 11) is 1.65. The molecule has 1 atom stereocenters. The number of ether oxygens (including phenoxy) is 1. The van der Waals surface area contributed by atoms with E-state index in [1.807, 2.05) is 6.92 Å². The number of hydrogen-bond acceptors (Lipinski definition) is 7. The number of hydrazine groups is 1. The first kappa shape index (κ1) is 11.5. The maximum absolute atomic E-state index is 5.48. The van der Waals surface area contributed by atoms with Gasteiger partial charge < -0.3 is 21.2 Å². The highest BCUT2D eigenvalue weighted by Gasteiger charge is 2.03. The molecular formula is C8H16N6O. The molecule has 7 nitrogen and oxygen atoms in total. The van der Waals surface area contributed by atoms with Crippen LogP contribution < -0.4 is 22.3 Å². The van der Waals surface area contributed by atoms with E-state index in [0.29, 0.717) is 18.2 Å². The molecule has 0 radical (unpaired) electrons. The van der Waals surface area contributed by atoms with Crippen molar-refractivity contribution in [2.45, 2.75) is 13.0 Å². The fourth-order valence-electron chi connectivity index (χ4n) is 0.962. The SMILES string of the molecule is COC(C)CNc1cc(NN)nc(N)n1. The number of anilines is 3. The van der Waals surface area contributed by atoms with E-state index in [0.717, 1.165) is 0 Å². The van der Waals surface area contributed by atoms with Crippen LogP contribution in [0.3, 0.4) is 0 Å². The number of nitrogen functional groups attached to an aromatic ring is 2. The topological polar surface area (TPSA) is 111 Å². The van der Waals surface area contributed by atoms with E-state index in [1.54, 1.807) is 13.2 Å². The summed E-state index contributed by atoms with van der Waals surface area (Å²) < 4.78 is 5.08. The van der Waals surface area contributed by atoms with Crippen LogP contribution in [0.15, 0.2) is 6.07 Å².